The minimum absolute atomic E-state index is 0.0520. The largest absolute Gasteiger partial charge is 0.355 e. The van der Waals surface area contributed by atoms with Gasteiger partial charge in [-0.05, 0) is 18.4 Å². The molecule has 0 aliphatic carbocycles. The first kappa shape index (κ1) is 17.7. The Bertz CT molecular complexity index is 529. The van der Waals surface area contributed by atoms with Crippen molar-refractivity contribution in [3.05, 3.63) is 35.9 Å². The summed E-state index contributed by atoms with van der Waals surface area (Å²) in [5, 5.41) is 2.77. The van der Waals surface area contributed by atoms with Crippen molar-refractivity contribution < 1.29 is 13.2 Å². The second kappa shape index (κ2) is 8.79. The predicted molar refractivity (Wildman–Crippen MR) is 84.5 cm³/mol. The van der Waals surface area contributed by atoms with Gasteiger partial charge in [0.25, 0.3) is 0 Å². The van der Waals surface area contributed by atoms with Crippen molar-refractivity contribution >= 4 is 15.9 Å². The first-order valence-electron chi connectivity index (χ1n) is 7.19. The molecule has 0 bridgehead atoms. The lowest BCUT2D eigenvalue weighted by molar-refractivity contribution is -0.121. The maximum Gasteiger partial charge on any atom is 0.220 e. The van der Waals surface area contributed by atoms with Crippen LogP contribution in [0.25, 0.3) is 0 Å². The highest BCUT2D eigenvalue weighted by Crippen LogP contribution is 2.02. The smallest absolute Gasteiger partial charge is 0.220 e. The molecule has 0 atom stereocenters. The third-order valence-corrected chi connectivity index (χ3v) is 4.41. The fraction of sp³-hybridized carbons (Fsp3) is 0.533. The topological polar surface area (TPSA) is 66.5 Å². The highest BCUT2D eigenvalue weighted by Gasteiger charge is 2.15. The maximum absolute atomic E-state index is 11.7. The number of carbonyl (C=O) groups is 1. The number of hydrogen-bond acceptors (Lipinski definition) is 3. The normalized spacial score (nSPS) is 11.6. The molecule has 0 aliphatic rings. The molecular formula is C15H24N2O3S. The summed E-state index contributed by atoms with van der Waals surface area (Å²) >= 11 is 0. The summed E-state index contributed by atoms with van der Waals surface area (Å²) in [5.41, 5.74) is 1.12. The van der Waals surface area contributed by atoms with E-state index in [1.54, 1.807) is 0 Å². The van der Waals surface area contributed by atoms with E-state index in [1.807, 2.05) is 37.3 Å². The molecule has 1 rings (SSSR count). The lowest BCUT2D eigenvalue weighted by atomic mass is 10.1. The van der Waals surface area contributed by atoms with Gasteiger partial charge in [0, 0.05) is 26.1 Å². The quantitative estimate of drug-likeness (QED) is 0.749. The van der Waals surface area contributed by atoms with Gasteiger partial charge in [-0.25, -0.2) is 12.7 Å². The fourth-order valence-corrected chi connectivity index (χ4v) is 2.94. The van der Waals surface area contributed by atoms with Crippen molar-refractivity contribution in [2.45, 2.75) is 26.2 Å². The van der Waals surface area contributed by atoms with Gasteiger partial charge in [-0.1, -0.05) is 37.3 Å². The van der Waals surface area contributed by atoms with Crippen LogP contribution < -0.4 is 5.32 Å². The third kappa shape index (κ3) is 7.24. The van der Waals surface area contributed by atoms with Crippen molar-refractivity contribution in [1.29, 1.82) is 0 Å². The molecule has 0 spiro atoms. The molecule has 0 radical (unpaired) electrons. The molecule has 0 unspecified atom stereocenters. The highest BCUT2D eigenvalue weighted by molar-refractivity contribution is 7.88. The van der Waals surface area contributed by atoms with Gasteiger partial charge >= 0.3 is 0 Å². The molecule has 1 aromatic carbocycles. The number of amides is 1. The monoisotopic (exact) mass is 312 g/mol. The first-order chi connectivity index (χ1) is 9.93. The second-order valence-electron chi connectivity index (χ2n) is 5.00. The summed E-state index contributed by atoms with van der Waals surface area (Å²) < 4.78 is 24.4. The Balaban J connectivity index is 2.29. The molecular weight excluding hydrogens is 288 g/mol. The van der Waals surface area contributed by atoms with E-state index < -0.39 is 10.0 Å². The van der Waals surface area contributed by atoms with E-state index in [0.717, 1.165) is 12.0 Å². The molecule has 0 aliphatic heterocycles. The third-order valence-electron chi connectivity index (χ3n) is 3.11. The van der Waals surface area contributed by atoms with Gasteiger partial charge in [0.1, 0.15) is 0 Å². The van der Waals surface area contributed by atoms with Gasteiger partial charge in [-0.3, -0.25) is 4.79 Å². The number of hydrogen-bond donors (Lipinski definition) is 1. The Hall–Kier alpha value is -1.40. The Labute approximate surface area is 127 Å². The molecule has 1 aromatic rings. The Morgan fingerprint density at radius 2 is 1.86 bits per heavy atom. The van der Waals surface area contributed by atoms with E-state index in [2.05, 4.69) is 5.32 Å². The maximum atomic E-state index is 11.7. The van der Waals surface area contributed by atoms with Crippen LogP contribution in [0.2, 0.25) is 0 Å². The summed E-state index contributed by atoms with van der Waals surface area (Å²) in [6, 6.07) is 9.81. The average Bonchev–Trinajstić information content (AvgIpc) is 2.44. The minimum Gasteiger partial charge on any atom is -0.355 e. The van der Waals surface area contributed by atoms with Crippen LogP contribution in [0.3, 0.4) is 0 Å². The molecule has 0 saturated carbocycles. The Morgan fingerprint density at radius 3 is 2.43 bits per heavy atom. The van der Waals surface area contributed by atoms with Crippen LogP contribution in [0, 0.1) is 0 Å². The fourth-order valence-electron chi connectivity index (χ4n) is 2.00. The van der Waals surface area contributed by atoms with Crippen molar-refractivity contribution in [1.82, 2.24) is 9.62 Å². The van der Waals surface area contributed by atoms with Crippen LogP contribution in [0.1, 0.15) is 25.3 Å². The van der Waals surface area contributed by atoms with Crippen LogP contribution in [-0.2, 0) is 21.2 Å². The van der Waals surface area contributed by atoms with Crippen LogP contribution >= 0.6 is 0 Å². The summed E-state index contributed by atoms with van der Waals surface area (Å²) in [6.45, 7) is 3.08. The molecule has 118 valence electrons. The van der Waals surface area contributed by atoms with Gasteiger partial charge in [0.05, 0.1) is 6.26 Å². The van der Waals surface area contributed by atoms with Crippen molar-refractivity contribution in [3.8, 4) is 0 Å². The number of rotatable bonds is 9. The summed E-state index contributed by atoms with van der Waals surface area (Å²) in [4.78, 5) is 11.7. The van der Waals surface area contributed by atoms with E-state index in [1.165, 1.54) is 10.6 Å². The number of aryl methyl sites for hydroxylation is 1. The van der Waals surface area contributed by atoms with Crippen molar-refractivity contribution in [3.63, 3.8) is 0 Å². The van der Waals surface area contributed by atoms with E-state index in [4.69, 9.17) is 0 Å². The lowest BCUT2D eigenvalue weighted by Gasteiger charge is -2.19. The van der Waals surface area contributed by atoms with E-state index in [9.17, 15) is 13.2 Å². The zero-order valence-electron chi connectivity index (χ0n) is 12.7. The zero-order chi connectivity index (χ0) is 15.7. The molecule has 1 amide bonds. The van der Waals surface area contributed by atoms with E-state index in [-0.39, 0.29) is 5.91 Å². The highest BCUT2D eigenvalue weighted by atomic mass is 32.2. The van der Waals surface area contributed by atoms with Gasteiger partial charge < -0.3 is 5.32 Å². The zero-order valence-corrected chi connectivity index (χ0v) is 13.5. The van der Waals surface area contributed by atoms with Crippen LogP contribution in [0.5, 0.6) is 0 Å². The number of carbonyl (C=O) groups excluding carboxylic acids is 1. The van der Waals surface area contributed by atoms with Crippen molar-refractivity contribution in [2.75, 3.05) is 25.9 Å². The average molecular weight is 312 g/mol. The van der Waals surface area contributed by atoms with Crippen LogP contribution in [0.15, 0.2) is 30.3 Å². The number of sulfonamides is 1. The SMILES string of the molecule is CCCN(CCNC(=O)CCc1ccccc1)S(C)(=O)=O. The molecule has 0 fully saturated rings. The molecule has 6 heteroatoms. The van der Waals surface area contributed by atoms with Crippen LogP contribution in [-0.4, -0.2) is 44.5 Å². The summed E-state index contributed by atoms with van der Waals surface area (Å²) in [7, 11) is -3.20. The number of nitrogens with one attached hydrogen (secondary N) is 1. The van der Waals surface area contributed by atoms with Crippen LogP contribution in [0.4, 0.5) is 0 Å². The molecule has 0 heterocycles. The Kier molecular flexibility index (Phi) is 7.39. The number of benzene rings is 1. The second-order valence-corrected chi connectivity index (χ2v) is 6.98. The van der Waals surface area contributed by atoms with E-state index >= 15 is 0 Å². The molecule has 21 heavy (non-hydrogen) atoms. The van der Waals surface area contributed by atoms with E-state index in [0.29, 0.717) is 32.5 Å². The standard InChI is InChI=1S/C15H24N2O3S/c1-3-12-17(21(2,19)20)13-11-16-15(18)10-9-14-7-5-4-6-8-14/h4-8H,3,9-13H2,1-2H3,(H,16,18). The molecule has 0 aromatic heterocycles. The summed E-state index contributed by atoms with van der Waals surface area (Å²) in [5.74, 6) is -0.0520. The minimum atomic E-state index is -3.20. The van der Waals surface area contributed by atoms with Crippen molar-refractivity contribution in [2.24, 2.45) is 0 Å². The molecule has 1 N–H and O–H groups in total. The predicted octanol–water partition coefficient (Wildman–Crippen LogP) is 1.41. The van der Waals surface area contributed by atoms with Gasteiger partial charge in [-0.15, -0.1) is 0 Å². The summed E-state index contributed by atoms with van der Waals surface area (Å²) in [6.07, 6.45) is 3.06. The molecule has 0 saturated heterocycles. The molecule has 5 nitrogen and oxygen atoms in total. The van der Waals surface area contributed by atoms with Gasteiger partial charge in [0.2, 0.25) is 15.9 Å². The lowest BCUT2D eigenvalue weighted by Crippen LogP contribution is -2.38. The number of nitrogens with zero attached hydrogens (tertiary/aromatic N) is 1. The first-order valence-corrected chi connectivity index (χ1v) is 9.04. The van der Waals surface area contributed by atoms with Gasteiger partial charge in [-0.2, -0.15) is 0 Å². The van der Waals surface area contributed by atoms with Gasteiger partial charge in [0.15, 0.2) is 0 Å². The Morgan fingerprint density at radius 1 is 1.19 bits per heavy atom.